The topological polar surface area (TPSA) is 51.2 Å². The lowest BCUT2D eigenvalue weighted by Gasteiger charge is -2.05. The number of carbonyl (C=O) groups is 1. The molecule has 1 amide bonds. The van der Waals surface area contributed by atoms with Gasteiger partial charge in [0.1, 0.15) is 0 Å². The maximum Gasteiger partial charge on any atom is 0.244 e. The van der Waals surface area contributed by atoms with Crippen molar-refractivity contribution in [1.82, 2.24) is 10.3 Å². The van der Waals surface area contributed by atoms with Crippen molar-refractivity contribution >= 4 is 12.0 Å². The van der Waals surface area contributed by atoms with E-state index in [0.29, 0.717) is 19.8 Å². The Morgan fingerprint density at radius 1 is 1.18 bits per heavy atom. The predicted octanol–water partition coefficient (Wildman–Crippen LogP) is 2.95. The number of rotatable bonds is 7. The third-order valence-electron chi connectivity index (χ3n) is 3.06. The van der Waals surface area contributed by atoms with E-state index in [2.05, 4.69) is 10.3 Å². The Kier molecular flexibility index (Phi) is 6.33. The molecule has 114 valence electrons. The summed E-state index contributed by atoms with van der Waals surface area (Å²) in [4.78, 5) is 15.9. The zero-order chi connectivity index (χ0) is 15.6. The molecule has 0 aliphatic rings. The van der Waals surface area contributed by atoms with Gasteiger partial charge in [-0.05, 0) is 36.3 Å². The quantitative estimate of drug-likeness (QED) is 0.799. The molecule has 0 bridgehead atoms. The molecule has 0 atom stereocenters. The van der Waals surface area contributed by atoms with Crippen LogP contribution in [0.3, 0.4) is 0 Å². The van der Waals surface area contributed by atoms with Gasteiger partial charge in [-0.1, -0.05) is 30.3 Å². The number of pyridine rings is 1. The summed E-state index contributed by atoms with van der Waals surface area (Å²) in [5.41, 5.74) is 2.95. The minimum absolute atomic E-state index is 0.135. The first-order valence-corrected chi connectivity index (χ1v) is 7.30. The average molecular weight is 296 g/mol. The molecule has 0 aliphatic carbocycles. The highest BCUT2D eigenvalue weighted by Gasteiger charge is 1.98. The molecule has 0 radical (unpaired) electrons. The van der Waals surface area contributed by atoms with Crippen LogP contribution in [0, 0.1) is 0 Å². The second kappa shape index (κ2) is 8.74. The molecule has 0 spiro atoms. The number of nitrogens with one attached hydrogen (secondary N) is 1. The predicted molar refractivity (Wildman–Crippen MR) is 86.9 cm³/mol. The number of ether oxygens (including phenoxy) is 1. The number of nitrogens with zero attached hydrogens (tertiary/aromatic N) is 1. The van der Waals surface area contributed by atoms with Gasteiger partial charge >= 0.3 is 0 Å². The lowest BCUT2D eigenvalue weighted by atomic mass is 10.1. The molecule has 4 nitrogen and oxygen atoms in total. The van der Waals surface area contributed by atoms with E-state index >= 15 is 0 Å². The first-order chi connectivity index (χ1) is 10.8. The van der Waals surface area contributed by atoms with Crippen LogP contribution in [0.5, 0.6) is 0 Å². The van der Waals surface area contributed by atoms with Gasteiger partial charge in [-0.3, -0.25) is 9.78 Å². The van der Waals surface area contributed by atoms with Crippen LogP contribution in [0.1, 0.15) is 23.7 Å². The Hall–Kier alpha value is -2.46. The fraction of sp³-hybridized carbons (Fsp3) is 0.222. The summed E-state index contributed by atoms with van der Waals surface area (Å²) in [6, 6.07) is 13.6. The fourth-order valence-corrected chi connectivity index (χ4v) is 1.86. The van der Waals surface area contributed by atoms with E-state index < -0.39 is 0 Å². The highest BCUT2D eigenvalue weighted by Crippen LogP contribution is 2.05. The van der Waals surface area contributed by atoms with E-state index in [0.717, 1.165) is 16.8 Å². The summed E-state index contributed by atoms with van der Waals surface area (Å²) in [6.45, 7) is 3.80. The lowest BCUT2D eigenvalue weighted by Crippen LogP contribution is -2.20. The number of amides is 1. The van der Waals surface area contributed by atoms with Gasteiger partial charge in [0.2, 0.25) is 5.91 Å². The molecule has 0 saturated carbocycles. The van der Waals surface area contributed by atoms with Crippen molar-refractivity contribution in [2.24, 2.45) is 0 Å². The molecule has 1 heterocycles. The summed E-state index contributed by atoms with van der Waals surface area (Å²) in [7, 11) is 0. The standard InChI is InChI=1S/C18H20N2O2/c1-2-22-14-16-8-6-15(7-9-16)13-20-18(21)11-10-17-5-3-4-12-19-17/h3-12H,2,13-14H2,1H3,(H,20,21)/b11-10+. The van der Waals surface area contributed by atoms with Crippen molar-refractivity contribution < 1.29 is 9.53 Å². The van der Waals surface area contributed by atoms with Gasteiger partial charge in [0.05, 0.1) is 12.3 Å². The summed E-state index contributed by atoms with van der Waals surface area (Å²) < 4.78 is 5.35. The van der Waals surface area contributed by atoms with Crippen molar-refractivity contribution in [3.63, 3.8) is 0 Å². The number of hydrogen-bond donors (Lipinski definition) is 1. The second-order valence-corrected chi connectivity index (χ2v) is 4.76. The summed E-state index contributed by atoms with van der Waals surface area (Å²) in [5, 5.41) is 2.85. The SMILES string of the molecule is CCOCc1ccc(CNC(=O)/C=C/c2ccccn2)cc1. The summed E-state index contributed by atoms with van der Waals surface area (Å²) >= 11 is 0. The molecule has 1 aromatic heterocycles. The Morgan fingerprint density at radius 2 is 1.95 bits per heavy atom. The van der Waals surface area contributed by atoms with Crippen LogP contribution in [0.15, 0.2) is 54.7 Å². The van der Waals surface area contributed by atoms with Crippen LogP contribution in [0.25, 0.3) is 6.08 Å². The lowest BCUT2D eigenvalue weighted by molar-refractivity contribution is -0.116. The zero-order valence-corrected chi connectivity index (χ0v) is 12.7. The van der Waals surface area contributed by atoms with E-state index in [1.165, 1.54) is 6.08 Å². The van der Waals surface area contributed by atoms with Crippen LogP contribution in [0.2, 0.25) is 0 Å². The molecule has 0 saturated heterocycles. The first-order valence-electron chi connectivity index (χ1n) is 7.30. The van der Waals surface area contributed by atoms with E-state index in [9.17, 15) is 4.79 Å². The van der Waals surface area contributed by atoms with Gasteiger partial charge in [-0.2, -0.15) is 0 Å². The number of hydrogen-bond acceptors (Lipinski definition) is 3. The van der Waals surface area contributed by atoms with Gasteiger partial charge in [0.15, 0.2) is 0 Å². The molecule has 2 rings (SSSR count). The van der Waals surface area contributed by atoms with Gasteiger partial charge in [-0.25, -0.2) is 0 Å². The molecular formula is C18H20N2O2. The summed E-state index contributed by atoms with van der Waals surface area (Å²) in [6.07, 6.45) is 4.88. The molecule has 0 fully saturated rings. The van der Waals surface area contributed by atoms with Crippen LogP contribution >= 0.6 is 0 Å². The molecule has 22 heavy (non-hydrogen) atoms. The van der Waals surface area contributed by atoms with Crippen LogP contribution < -0.4 is 5.32 Å². The Morgan fingerprint density at radius 3 is 2.64 bits per heavy atom. The molecule has 1 N–H and O–H groups in total. The largest absolute Gasteiger partial charge is 0.377 e. The highest BCUT2D eigenvalue weighted by atomic mass is 16.5. The van der Waals surface area contributed by atoms with Crippen molar-refractivity contribution in [1.29, 1.82) is 0 Å². The van der Waals surface area contributed by atoms with Crippen molar-refractivity contribution in [2.75, 3.05) is 6.61 Å². The smallest absolute Gasteiger partial charge is 0.244 e. The van der Waals surface area contributed by atoms with Gasteiger partial charge < -0.3 is 10.1 Å². The molecule has 1 aromatic carbocycles. The van der Waals surface area contributed by atoms with E-state index in [1.54, 1.807) is 12.3 Å². The van der Waals surface area contributed by atoms with Crippen LogP contribution in [0.4, 0.5) is 0 Å². The second-order valence-electron chi connectivity index (χ2n) is 4.76. The number of aromatic nitrogens is 1. The molecule has 4 heteroatoms. The van der Waals surface area contributed by atoms with E-state index in [4.69, 9.17) is 4.74 Å². The normalized spacial score (nSPS) is 10.8. The maximum atomic E-state index is 11.8. The monoisotopic (exact) mass is 296 g/mol. The van der Waals surface area contributed by atoms with Crippen LogP contribution in [-0.4, -0.2) is 17.5 Å². The average Bonchev–Trinajstić information content (AvgIpc) is 2.58. The molecule has 2 aromatic rings. The van der Waals surface area contributed by atoms with Crippen molar-refractivity contribution in [2.45, 2.75) is 20.1 Å². The minimum Gasteiger partial charge on any atom is -0.377 e. The molecular weight excluding hydrogens is 276 g/mol. The molecule has 0 unspecified atom stereocenters. The first kappa shape index (κ1) is 15.9. The third kappa shape index (κ3) is 5.50. The van der Waals surface area contributed by atoms with Gasteiger partial charge in [0, 0.05) is 25.4 Å². The van der Waals surface area contributed by atoms with Crippen molar-refractivity contribution in [3.05, 3.63) is 71.6 Å². The Labute approximate surface area is 130 Å². The highest BCUT2D eigenvalue weighted by molar-refractivity contribution is 5.91. The number of carbonyl (C=O) groups excluding carboxylic acids is 1. The summed E-state index contributed by atoms with van der Waals surface area (Å²) in [5.74, 6) is -0.135. The number of benzene rings is 1. The Balaban J connectivity index is 1.79. The van der Waals surface area contributed by atoms with Crippen molar-refractivity contribution in [3.8, 4) is 0 Å². The Bertz CT molecular complexity index is 607. The molecule has 0 aliphatic heterocycles. The zero-order valence-electron chi connectivity index (χ0n) is 12.7. The van der Waals surface area contributed by atoms with E-state index in [-0.39, 0.29) is 5.91 Å². The van der Waals surface area contributed by atoms with Gasteiger partial charge in [-0.15, -0.1) is 0 Å². The van der Waals surface area contributed by atoms with Crippen LogP contribution in [-0.2, 0) is 22.7 Å². The third-order valence-corrected chi connectivity index (χ3v) is 3.06. The minimum atomic E-state index is -0.135. The maximum absolute atomic E-state index is 11.8. The fourth-order valence-electron chi connectivity index (χ4n) is 1.86. The van der Waals surface area contributed by atoms with E-state index in [1.807, 2.05) is 49.4 Å². The van der Waals surface area contributed by atoms with Gasteiger partial charge in [0.25, 0.3) is 0 Å².